The second kappa shape index (κ2) is 6.54. The van der Waals surface area contributed by atoms with Crippen LogP contribution in [0.3, 0.4) is 0 Å². The van der Waals surface area contributed by atoms with Crippen LogP contribution in [0.25, 0.3) is 0 Å². The predicted molar refractivity (Wildman–Crippen MR) is 74.3 cm³/mol. The molecule has 0 amide bonds. The minimum Gasteiger partial charge on any atom is -0.370 e. The van der Waals surface area contributed by atoms with Gasteiger partial charge >= 0.3 is 0 Å². The molecule has 4 N–H and O–H groups in total. The molecule has 0 radical (unpaired) electrons. The summed E-state index contributed by atoms with van der Waals surface area (Å²) in [4.78, 5) is 8.74. The van der Waals surface area contributed by atoms with E-state index in [4.69, 9.17) is 5.84 Å². The zero-order chi connectivity index (χ0) is 12.8. The highest BCUT2D eigenvalue weighted by Gasteiger charge is 2.13. The van der Waals surface area contributed by atoms with Gasteiger partial charge in [0.1, 0.15) is 17.5 Å². The number of hydrogen-bond acceptors (Lipinski definition) is 5. The molecule has 1 saturated carbocycles. The molecule has 0 aliphatic heterocycles. The molecule has 0 atom stereocenters. The molecule has 1 aliphatic rings. The van der Waals surface area contributed by atoms with Gasteiger partial charge in [-0.25, -0.2) is 15.8 Å². The number of nitrogen functional groups attached to an aromatic ring is 1. The van der Waals surface area contributed by atoms with E-state index in [-0.39, 0.29) is 0 Å². The van der Waals surface area contributed by atoms with Crippen LogP contribution < -0.4 is 16.6 Å². The molecule has 0 aromatic carbocycles. The number of aryl methyl sites for hydroxylation is 1. The van der Waals surface area contributed by atoms with Crippen LogP contribution in [0, 0.1) is 5.92 Å². The van der Waals surface area contributed by atoms with Crippen molar-refractivity contribution in [2.75, 3.05) is 17.3 Å². The second-order valence-corrected chi connectivity index (χ2v) is 4.94. The van der Waals surface area contributed by atoms with Crippen LogP contribution >= 0.6 is 0 Å². The summed E-state index contributed by atoms with van der Waals surface area (Å²) in [5.74, 6) is 8.56. The fourth-order valence-corrected chi connectivity index (χ4v) is 2.46. The van der Waals surface area contributed by atoms with E-state index in [1.54, 1.807) is 0 Å². The van der Waals surface area contributed by atoms with E-state index in [1.807, 2.05) is 13.0 Å². The van der Waals surface area contributed by atoms with E-state index in [9.17, 15) is 0 Å². The number of hydrogen-bond donors (Lipinski definition) is 3. The molecule has 100 valence electrons. The third kappa shape index (κ3) is 3.57. The van der Waals surface area contributed by atoms with Gasteiger partial charge in [-0.1, -0.05) is 26.2 Å². The van der Waals surface area contributed by atoms with Crippen molar-refractivity contribution in [1.29, 1.82) is 0 Å². The zero-order valence-electron chi connectivity index (χ0n) is 11.1. The zero-order valence-corrected chi connectivity index (χ0v) is 11.1. The van der Waals surface area contributed by atoms with Crippen molar-refractivity contribution >= 4 is 11.6 Å². The summed E-state index contributed by atoms with van der Waals surface area (Å²) in [6.45, 7) is 3.05. The summed E-state index contributed by atoms with van der Waals surface area (Å²) >= 11 is 0. The molecule has 1 aromatic heterocycles. The topological polar surface area (TPSA) is 75.9 Å². The Morgan fingerprint density at radius 2 is 1.94 bits per heavy atom. The molecule has 5 nitrogen and oxygen atoms in total. The summed E-state index contributed by atoms with van der Waals surface area (Å²) in [6.07, 6.45) is 7.61. The summed E-state index contributed by atoms with van der Waals surface area (Å²) in [5.41, 5.74) is 2.59. The van der Waals surface area contributed by atoms with E-state index < -0.39 is 0 Å². The Morgan fingerprint density at radius 3 is 2.61 bits per heavy atom. The molecule has 1 aliphatic carbocycles. The molecular weight excluding hydrogens is 226 g/mol. The molecule has 1 aromatic rings. The van der Waals surface area contributed by atoms with Crippen molar-refractivity contribution < 1.29 is 0 Å². The SMILES string of the molecule is CCc1nc(NN)cc(NCC2CCCCC2)n1. The molecule has 5 heteroatoms. The maximum absolute atomic E-state index is 5.41. The van der Waals surface area contributed by atoms with Gasteiger partial charge in [-0.3, -0.25) is 0 Å². The molecule has 0 unspecified atom stereocenters. The van der Waals surface area contributed by atoms with Crippen LogP contribution in [-0.4, -0.2) is 16.5 Å². The van der Waals surface area contributed by atoms with Gasteiger partial charge in [0.25, 0.3) is 0 Å². The van der Waals surface area contributed by atoms with Crippen LogP contribution in [-0.2, 0) is 6.42 Å². The Bertz CT molecular complexity index is 351. The number of aromatic nitrogens is 2. The highest BCUT2D eigenvalue weighted by molar-refractivity contribution is 5.46. The first-order valence-corrected chi connectivity index (χ1v) is 6.90. The van der Waals surface area contributed by atoms with Gasteiger partial charge in [-0.05, 0) is 18.8 Å². The maximum Gasteiger partial charge on any atom is 0.145 e. The van der Waals surface area contributed by atoms with Crippen LogP contribution in [0.2, 0.25) is 0 Å². The van der Waals surface area contributed by atoms with Gasteiger partial charge in [0, 0.05) is 19.0 Å². The monoisotopic (exact) mass is 249 g/mol. The van der Waals surface area contributed by atoms with Crippen LogP contribution in [0.4, 0.5) is 11.6 Å². The Labute approximate surface area is 109 Å². The number of nitrogens with zero attached hydrogens (tertiary/aromatic N) is 2. The number of nitrogens with one attached hydrogen (secondary N) is 2. The van der Waals surface area contributed by atoms with Crippen molar-refractivity contribution in [3.8, 4) is 0 Å². The third-order valence-electron chi connectivity index (χ3n) is 3.53. The van der Waals surface area contributed by atoms with E-state index >= 15 is 0 Å². The standard InChI is InChI=1S/C13H23N5/c1-2-11-16-12(8-13(17-11)18-14)15-9-10-6-4-3-5-7-10/h8,10H,2-7,9,14H2,1H3,(H2,15,16,17,18). The van der Waals surface area contributed by atoms with Gasteiger partial charge in [0.05, 0.1) is 0 Å². The lowest BCUT2D eigenvalue weighted by atomic mass is 9.89. The van der Waals surface area contributed by atoms with Gasteiger partial charge < -0.3 is 10.7 Å². The van der Waals surface area contributed by atoms with Crippen molar-refractivity contribution in [2.24, 2.45) is 11.8 Å². The summed E-state index contributed by atoms with van der Waals surface area (Å²) in [6, 6.07) is 1.86. The number of nitrogens with two attached hydrogens (primary N) is 1. The third-order valence-corrected chi connectivity index (χ3v) is 3.53. The van der Waals surface area contributed by atoms with Crippen molar-refractivity contribution in [2.45, 2.75) is 45.4 Å². The average molecular weight is 249 g/mol. The minimum atomic E-state index is 0.674. The molecule has 1 heterocycles. The lowest BCUT2D eigenvalue weighted by Gasteiger charge is -2.22. The van der Waals surface area contributed by atoms with Gasteiger partial charge in [0.2, 0.25) is 0 Å². The lowest BCUT2D eigenvalue weighted by Crippen LogP contribution is -2.18. The number of rotatable bonds is 5. The number of hydrazine groups is 1. The Kier molecular flexibility index (Phi) is 4.75. The lowest BCUT2D eigenvalue weighted by molar-refractivity contribution is 0.373. The van der Waals surface area contributed by atoms with Crippen LogP contribution in [0.5, 0.6) is 0 Å². The summed E-state index contributed by atoms with van der Waals surface area (Å²) in [7, 11) is 0. The van der Waals surface area contributed by atoms with Gasteiger partial charge in [-0.15, -0.1) is 0 Å². The van der Waals surface area contributed by atoms with Gasteiger partial charge in [-0.2, -0.15) is 0 Å². The molecule has 0 saturated heterocycles. The second-order valence-electron chi connectivity index (χ2n) is 4.94. The first-order chi connectivity index (χ1) is 8.81. The molecule has 2 rings (SSSR count). The Balaban J connectivity index is 1.94. The van der Waals surface area contributed by atoms with Crippen molar-refractivity contribution in [3.05, 3.63) is 11.9 Å². The minimum absolute atomic E-state index is 0.674. The smallest absolute Gasteiger partial charge is 0.145 e. The highest BCUT2D eigenvalue weighted by Crippen LogP contribution is 2.24. The van der Waals surface area contributed by atoms with Crippen LogP contribution in [0.15, 0.2) is 6.07 Å². The Hall–Kier alpha value is -1.36. The Morgan fingerprint density at radius 1 is 1.22 bits per heavy atom. The number of anilines is 2. The normalized spacial score (nSPS) is 16.6. The molecule has 18 heavy (non-hydrogen) atoms. The average Bonchev–Trinajstić information content (AvgIpc) is 2.45. The van der Waals surface area contributed by atoms with Crippen molar-refractivity contribution in [1.82, 2.24) is 9.97 Å². The maximum atomic E-state index is 5.41. The van der Waals surface area contributed by atoms with Gasteiger partial charge in [0.15, 0.2) is 0 Å². The highest BCUT2D eigenvalue weighted by atomic mass is 15.3. The molecule has 1 fully saturated rings. The van der Waals surface area contributed by atoms with Crippen molar-refractivity contribution in [3.63, 3.8) is 0 Å². The first-order valence-electron chi connectivity index (χ1n) is 6.90. The largest absolute Gasteiger partial charge is 0.370 e. The fraction of sp³-hybridized carbons (Fsp3) is 0.692. The first kappa shape index (κ1) is 13.1. The van der Waals surface area contributed by atoms with Crippen LogP contribution in [0.1, 0.15) is 44.9 Å². The molecule has 0 spiro atoms. The summed E-state index contributed by atoms with van der Waals surface area (Å²) in [5, 5.41) is 3.42. The van der Waals surface area contributed by atoms with E-state index in [1.165, 1.54) is 32.1 Å². The molecule has 0 bridgehead atoms. The summed E-state index contributed by atoms with van der Waals surface area (Å²) < 4.78 is 0. The van der Waals surface area contributed by atoms with E-state index in [0.29, 0.717) is 5.82 Å². The molecular formula is C13H23N5. The fourth-order valence-electron chi connectivity index (χ4n) is 2.46. The quantitative estimate of drug-likeness (QED) is 0.551. The predicted octanol–water partition coefficient (Wildman–Crippen LogP) is 2.32. The van der Waals surface area contributed by atoms with E-state index in [0.717, 1.165) is 30.5 Å². The van der Waals surface area contributed by atoms with E-state index in [2.05, 4.69) is 20.7 Å².